The van der Waals surface area contributed by atoms with Crippen LogP contribution in [-0.4, -0.2) is 82.3 Å². The van der Waals surface area contributed by atoms with Crippen molar-refractivity contribution in [1.29, 1.82) is 0 Å². The van der Waals surface area contributed by atoms with E-state index in [2.05, 4.69) is 16.0 Å². The van der Waals surface area contributed by atoms with E-state index in [1.165, 1.54) is 0 Å². The summed E-state index contributed by atoms with van der Waals surface area (Å²) in [5.41, 5.74) is 11.0. The summed E-state index contributed by atoms with van der Waals surface area (Å²) in [6.45, 7) is 2.75. The van der Waals surface area contributed by atoms with Gasteiger partial charge in [0.15, 0.2) is 0 Å². The number of nitrogens with two attached hydrogens (primary N) is 2. The summed E-state index contributed by atoms with van der Waals surface area (Å²) in [6.07, 6.45) is 0.562. The Morgan fingerprint density at radius 1 is 0.871 bits per heavy atom. The maximum absolute atomic E-state index is 12.8. The molecule has 0 bridgehead atoms. The highest BCUT2D eigenvalue weighted by molar-refractivity contribution is 5.94. The van der Waals surface area contributed by atoms with Crippen LogP contribution in [-0.2, 0) is 24.0 Å². The van der Waals surface area contributed by atoms with Gasteiger partial charge in [0, 0.05) is 0 Å². The highest BCUT2D eigenvalue weighted by Gasteiger charge is 2.31. The smallest absolute Gasteiger partial charge is 0.328 e. The van der Waals surface area contributed by atoms with Gasteiger partial charge in [-0.2, -0.15) is 0 Å². The van der Waals surface area contributed by atoms with Gasteiger partial charge < -0.3 is 42.7 Å². The van der Waals surface area contributed by atoms with Gasteiger partial charge in [-0.3, -0.25) is 19.2 Å². The second kappa shape index (κ2) is 14.3. The van der Waals surface area contributed by atoms with E-state index in [1.807, 2.05) is 0 Å². The highest BCUT2D eigenvalue weighted by atomic mass is 16.4. The third-order valence-corrected chi connectivity index (χ3v) is 4.36. The Morgan fingerprint density at radius 2 is 1.45 bits per heavy atom. The minimum atomic E-state index is -1.54. The van der Waals surface area contributed by atoms with Crippen molar-refractivity contribution in [2.24, 2.45) is 17.4 Å². The Kier molecular flexibility index (Phi) is 13.0. The van der Waals surface area contributed by atoms with E-state index in [0.717, 1.165) is 0 Å². The number of hydrogen-bond acceptors (Lipinski definition) is 8. The molecule has 4 atom stereocenters. The van der Waals surface area contributed by atoms with Crippen molar-refractivity contribution in [3.05, 3.63) is 0 Å². The van der Waals surface area contributed by atoms with Crippen molar-refractivity contribution in [2.45, 2.75) is 63.7 Å². The van der Waals surface area contributed by atoms with Crippen molar-refractivity contribution in [2.75, 3.05) is 13.2 Å². The summed E-state index contributed by atoms with van der Waals surface area (Å²) in [6, 6.07) is -5.17. The number of hydrogen-bond donors (Lipinski definition) is 8. The predicted octanol–water partition coefficient (Wildman–Crippen LogP) is -2.90. The quantitative estimate of drug-likeness (QED) is 0.119. The Hall–Kier alpha value is -2.77. The van der Waals surface area contributed by atoms with Gasteiger partial charge in [0.05, 0.1) is 19.1 Å². The number of aliphatic hydroxyl groups excluding tert-OH is 1. The van der Waals surface area contributed by atoms with Gasteiger partial charge in [-0.15, -0.1) is 0 Å². The van der Waals surface area contributed by atoms with Crippen LogP contribution < -0.4 is 27.4 Å². The lowest BCUT2D eigenvalue weighted by Gasteiger charge is -2.26. The molecule has 178 valence electrons. The summed E-state index contributed by atoms with van der Waals surface area (Å²) in [5.74, 6) is -5.56. The zero-order valence-electron chi connectivity index (χ0n) is 17.7. The molecule has 3 amide bonds. The number of carbonyl (C=O) groups excluding carboxylic acids is 3. The van der Waals surface area contributed by atoms with Gasteiger partial charge in [0.2, 0.25) is 17.7 Å². The molecule has 0 aliphatic heterocycles. The standard InChI is InChI=1S/C18H33N5O8/c1-9(2)14(17(29)22-12(8-24)18(30)31)23-16(28)11(5-3-4-6-19)21-15(27)10(20)7-13(25)26/h9-12,14,24H,3-8,19-20H2,1-2H3,(H,21,27)(H,22,29)(H,23,28)(H,25,26)(H,30,31). The van der Waals surface area contributed by atoms with Crippen molar-refractivity contribution >= 4 is 29.7 Å². The van der Waals surface area contributed by atoms with E-state index in [4.69, 9.17) is 26.8 Å². The lowest BCUT2D eigenvalue weighted by molar-refractivity contribution is -0.143. The Morgan fingerprint density at radius 3 is 1.90 bits per heavy atom. The van der Waals surface area contributed by atoms with Crippen LogP contribution in [0.15, 0.2) is 0 Å². The van der Waals surface area contributed by atoms with Gasteiger partial charge in [0.25, 0.3) is 0 Å². The summed E-state index contributed by atoms with van der Waals surface area (Å²) in [7, 11) is 0. The first-order valence-electron chi connectivity index (χ1n) is 9.86. The SMILES string of the molecule is CC(C)C(NC(=O)C(CCCCN)NC(=O)C(N)CC(=O)O)C(=O)NC(CO)C(=O)O. The minimum absolute atomic E-state index is 0.162. The first-order valence-corrected chi connectivity index (χ1v) is 9.86. The third kappa shape index (κ3) is 10.7. The normalized spacial score (nSPS) is 14.8. The average molecular weight is 447 g/mol. The number of aliphatic carboxylic acids is 2. The van der Waals surface area contributed by atoms with E-state index >= 15 is 0 Å². The molecular formula is C18H33N5O8. The maximum Gasteiger partial charge on any atom is 0.328 e. The predicted molar refractivity (Wildman–Crippen MR) is 108 cm³/mol. The van der Waals surface area contributed by atoms with Crippen LogP contribution in [0.2, 0.25) is 0 Å². The van der Waals surface area contributed by atoms with Crippen molar-refractivity contribution in [1.82, 2.24) is 16.0 Å². The van der Waals surface area contributed by atoms with Crippen LogP contribution in [0.3, 0.4) is 0 Å². The molecule has 0 aliphatic carbocycles. The van der Waals surface area contributed by atoms with E-state index in [1.54, 1.807) is 13.8 Å². The fourth-order valence-electron chi connectivity index (χ4n) is 2.56. The van der Waals surface area contributed by atoms with E-state index < -0.39 is 72.8 Å². The minimum Gasteiger partial charge on any atom is -0.481 e. The van der Waals surface area contributed by atoms with Gasteiger partial charge >= 0.3 is 11.9 Å². The number of carboxylic acid groups (broad SMARTS) is 2. The highest BCUT2D eigenvalue weighted by Crippen LogP contribution is 2.07. The molecule has 0 saturated carbocycles. The molecule has 31 heavy (non-hydrogen) atoms. The monoisotopic (exact) mass is 447 g/mol. The molecule has 0 aromatic carbocycles. The van der Waals surface area contributed by atoms with E-state index in [9.17, 15) is 24.0 Å². The molecule has 13 nitrogen and oxygen atoms in total. The molecule has 10 N–H and O–H groups in total. The number of carbonyl (C=O) groups is 5. The summed E-state index contributed by atoms with van der Waals surface area (Å²) in [5, 5.41) is 33.8. The van der Waals surface area contributed by atoms with Gasteiger partial charge in [0.1, 0.15) is 18.1 Å². The maximum atomic E-state index is 12.8. The van der Waals surface area contributed by atoms with Crippen LogP contribution >= 0.6 is 0 Å². The second-order valence-electron chi connectivity index (χ2n) is 7.36. The molecule has 0 aromatic rings. The Balaban J connectivity index is 5.35. The van der Waals surface area contributed by atoms with Gasteiger partial charge in [-0.25, -0.2) is 4.79 Å². The first kappa shape index (κ1) is 28.2. The zero-order valence-corrected chi connectivity index (χ0v) is 17.7. The molecular weight excluding hydrogens is 414 g/mol. The average Bonchev–Trinajstić information content (AvgIpc) is 2.67. The molecule has 0 spiro atoms. The largest absolute Gasteiger partial charge is 0.481 e. The molecule has 13 heteroatoms. The summed E-state index contributed by atoms with van der Waals surface area (Å²) >= 11 is 0. The summed E-state index contributed by atoms with van der Waals surface area (Å²) in [4.78, 5) is 59.1. The fourth-order valence-corrected chi connectivity index (χ4v) is 2.56. The van der Waals surface area contributed by atoms with Gasteiger partial charge in [-0.05, 0) is 31.7 Å². The molecule has 4 unspecified atom stereocenters. The molecule has 0 heterocycles. The van der Waals surface area contributed by atoms with E-state index in [0.29, 0.717) is 19.4 Å². The fraction of sp³-hybridized carbons (Fsp3) is 0.722. The van der Waals surface area contributed by atoms with Crippen LogP contribution in [0.4, 0.5) is 0 Å². The molecule has 0 fully saturated rings. The van der Waals surface area contributed by atoms with Crippen molar-refractivity contribution in [3.63, 3.8) is 0 Å². The number of carboxylic acids is 2. The zero-order chi connectivity index (χ0) is 24.1. The lowest BCUT2D eigenvalue weighted by Crippen LogP contribution is -2.58. The van der Waals surface area contributed by atoms with Crippen molar-refractivity contribution < 1.29 is 39.3 Å². The van der Waals surface area contributed by atoms with Crippen molar-refractivity contribution in [3.8, 4) is 0 Å². The van der Waals surface area contributed by atoms with Crippen LogP contribution in [0.1, 0.15) is 39.5 Å². The second-order valence-corrected chi connectivity index (χ2v) is 7.36. The van der Waals surface area contributed by atoms with Gasteiger partial charge in [-0.1, -0.05) is 13.8 Å². The molecule has 0 aliphatic rings. The number of nitrogens with one attached hydrogen (secondary N) is 3. The summed E-state index contributed by atoms with van der Waals surface area (Å²) < 4.78 is 0. The number of amides is 3. The number of rotatable bonds is 15. The number of unbranched alkanes of at least 4 members (excludes halogenated alkanes) is 1. The topological polar surface area (TPSA) is 234 Å². The lowest BCUT2D eigenvalue weighted by atomic mass is 10.0. The van der Waals surface area contributed by atoms with Crippen LogP contribution in [0.5, 0.6) is 0 Å². The first-order chi connectivity index (χ1) is 14.4. The number of aliphatic hydroxyl groups is 1. The molecule has 0 rings (SSSR count). The third-order valence-electron chi connectivity index (χ3n) is 4.36. The Bertz CT molecular complexity index is 642. The molecule has 0 radical (unpaired) electrons. The van der Waals surface area contributed by atoms with E-state index in [-0.39, 0.29) is 6.42 Å². The molecule has 0 aromatic heterocycles. The Labute approximate surface area is 179 Å². The van der Waals surface area contributed by atoms with Crippen LogP contribution in [0, 0.1) is 5.92 Å². The van der Waals surface area contributed by atoms with Crippen LogP contribution in [0.25, 0.3) is 0 Å². The molecule has 0 saturated heterocycles.